The number of nitrogens with zero attached hydrogens (tertiary/aromatic N) is 3. The molecule has 3 aromatic heterocycles. The van der Waals surface area contributed by atoms with E-state index >= 15 is 0 Å². The Kier molecular flexibility index (Phi) is 7.93. The minimum absolute atomic E-state index is 0.0985. The second-order valence-electron chi connectivity index (χ2n) is 8.72. The number of carbonyl (C=O) groups excluding carboxylic acids is 2. The van der Waals surface area contributed by atoms with Crippen LogP contribution < -0.4 is 4.90 Å². The molecule has 10 heteroatoms. The second-order valence-corrected chi connectivity index (χ2v) is 11.4. The first kappa shape index (κ1) is 24.9. The third kappa shape index (κ3) is 5.93. The van der Waals surface area contributed by atoms with Gasteiger partial charge in [0.2, 0.25) is 5.91 Å². The quantitative estimate of drug-likeness (QED) is 0.253. The number of hydrogen-bond donors (Lipinski definition) is 0. The molecule has 7 nitrogen and oxygen atoms in total. The van der Waals surface area contributed by atoms with Gasteiger partial charge in [0.25, 0.3) is 5.91 Å². The summed E-state index contributed by atoms with van der Waals surface area (Å²) in [6, 6.07) is 11.5. The molecule has 2 saturated heterocycles. The first-order valence-corrected chi connectivity index (χ1v) is 14.1. The van der Waals surface area contributed by atoms with Crippen LogP contribution in [0.3, 0.4) is 0 Å². The Labute approximate surface area is 223 Å². The molecule has 3 aromatic rings. The third-order valence-corrected chi connectivity index (χ3v) is 8.38. The monoisotopic (exact) mass is 541 g/mol. The zero-order valence-corrected chi connectivity index (χ0v) is 22.2. The zero-order chi connectivity index (χ0) is 24.9. The van der Waals surface area contributed by atoms with Gasteiger partial charge < -0.3 is 18.6 Å². The minimum Gasteiger partial charge on any atom is -0.467 e. The molecule has 0 bridgehead atoms. The number of thiophene rings is 1. The highest BCUT2D eigenvalue weighted by atomic mass is 32.2. The fraction of sp³-hybridized carbons (Fsp3) is 0.346. The number of piperidine rings is 1. The maximum atomic E-state index is 13.3. The van der Waals surface area contributed by atoms with Crippen LogP contribution in [0.1, 0.15) is 42.1 Å². The van der Waals surface area contributed by atoms with Crippen molar-refractivity contribution in [1.29, 1.82) is 0 Å². The van der Waals surface area contributed by atoms with Crippen LogP contribution in [0.2, 0.25) is 0 Å². The van der Waals surface area contributed by atoms with Crippen molar-refractivity contribution in [3.05, 3.63) is 69.3 Å². The Balaban J connectivity index is 1.24. The summed E-state index contributed by atoms with van der Waals surface area (Å²) in [5.41, 5.74) is 0. The van der Waals surface area contributed by atoms with Crippen molar-refractivity contribution in [3.8, 4) is 0 Å². The number of hydrogen-bond acceptors (Lipinski definition) is 8. The molecule has 2 aliphatic rings. The smallest absolute Gasteiger partial charge is 0.266 e. The van der Waals surface area contributed by atoms with E-state index < -0.39 is 0 Å². The zero-order valence-electron chi connectivity index (χ0n) is 19.8. The summed E-state index contributed by atoms with van der Waals surface area (Å²) in [6.45, 7) is 2.86. The van der Waals surface area contributed by atoms with E-state index in [-0.39, 0.29) is 24.8 Å². The van der Waals surface area contributed by atoms with Crippen LogP contribution in [0, 0.1) is 0 Å². The van der Waals surface area contributed by atoms with Crippen molar-refractivity contribution in [2.45, 2.75) is 38.8 Å². The van der Waals surface area contributed by atoms with Crippen LogP contribution in [0.5, 0.6) is 0 Å². The van der Waals surface area contributed by atoms with Gasteiger partial charge in [-0.2, -0.15) is 0 Å². The number of thioether (sulfide) groups is 1. The molecule has 5 rings (SSSR count). The van der Waals surface area contributed by atoms with Crippen molar-refractivity contribution < 1.29 is 18.4 Å². The number of carbonyl (C=O) groups is 2. The van der Waals surface area contributed by atoms with Crippen LogP contribution in [0.15, 0.2) is 61.8 Å². The van der Waals surface area contributed by atoms with Gasteiger partial charge in [0.1, 0.15) is 15.8 Å². The lowest BCUT2D eigenvalue weighted by Gasteiger charge is -2.26. The van der Waals surface area contributed by atoms with Gasteiger partial charge >= 0.3 is 0 Å². The Morgan fingerprint density at radius 3 is 2.67 bits per heavy atom. The molecule has 0 aliphatic carbocycles. The molecule has 0 N–H and O–H groups in total. The topological polar surface area (TPSA) is 70.1 Å². The summed E-state index contributed by atoms with van der Waals surface area (Å²) in [6.07, 6.45) is 7.18. The van der Waals surface area contributed by atoms with Crippen LogP contribution in [-0.4, -0.2) is 45.6 Å². The summed E-state index contributed by atoms with van der Waals surface area (Å²) in [5.74, 6) is 2.01. The molecule has 0 atom stereocenters. The van der Waals surface area contributed by atoms with Gasteiger partial charge in [0.15, 0.2) is 5.88 Å². The standard InChI is InChI=1S/C26H27N3O4S3/c30-23(10-13-29-25(31)22(36-26(29)34)16-21-7-5-15-35-21)28(17-19-6-4-14-32-19)18-20-8-9-24(33-20)27-11-2-1-3-12-27/h4-9,14-16H,1-3,10-13,17-18H2/b22-16-. The molecule has 2 aliphatic heterocycles. The lowest BCUT2D eigenvalue weighted by Crippen LogP contribution is -2.35. The Hall–Kier alpha value is -2.82. The predicted octanol–water partition coefficient (Wildman–Crippen LogP) is 5.74. The summed E-state index contributed by atoms with van der Waals surface area (Å²) in [4.78, 5) is 33.3. The van der Waals surface area contributed by atoms with Gasteiger partial charge in [0.05, 0.1) is 24.3 Å². The van der Waals surface area contributed by atoms with Crippen LogP contribution in [0.25, 0.3) is 6.08 Å². The van der Waals surface area contributed by atoms with Crippen molar-refractivity contribution in [1.82, 2.24) is 9.80 Å². The largest absolute Gasteiger partial charge is 0.467 e. The molecule has 2 fully saturated rings. The van der Waals surface area contributed by atoms with E-state index in [1.807, 2.05) is 41.8 Å². The lowest BCUT2D eigenvalue weighted by atomic mass is 10.1. The van der Waals surface area contributed by atoms with E-state index in [0.29, 0.717) is 28.1 Å². The highest BCUT2D eigenvalue weighted by Crippen LogP contribution is 2.33. The number of rotatable bonds is 9. The van der Waals surface area contributed by atoms with Gasteiger partial charge in [-0.3, -0.25) is 14.5 Å². The van der Waals surface area contributed by atoms with E-state index in [2.05, 4.69) is 4.90 Å². The molecular weight excluding hydrogens is 515 g/mol. The predicted molar refractivity (Wildman–Crippen MR) is 147 cm³/mol. The minimum atomic E-state index is -0.152. The molecule has 0 saturated carbocycles. The molecule has 0 unspecified atom stereocenters. The Morgan fingerprint density at radius 1 is 1.08 bits per heavy atom. The van der Waals surface area contributed by atoms with E-state index in [1.54, 1.807) is 28.6 Å². The highest BCUT2D eigenvalue weighted by Gasteiger charge is 2.32. The molecule has 0 aromatic carbocycles. The molecule has 2 amide bonds. The van der Waals surface area contributed by atoms with Gasteiger partial charge in [-0.05, 0) is 55.0 Å². The average molecular weight is 542 g/mol. The molecule has 5 heterocycles. The third-order valence-electron chi connectivity index (χ3n) is 6.18. The number of anilines is 1. The molecular formula is C26H27N3O4S3. The summed E-state index contributed by atoms with van der Waals surface area (Å²) >= 11 is 8.29. The maximum Gasteiger partial charge on any atom is 0.266 e. The maximum absolute atomic E-state index is 13.3. The number of amides is 2. The average Bonchev–Trinajstić information content (AvgIpc) is 3.69. The second kappa shape index (κ2) is 11.5. The highest BCUT2D eigenvalue weighted by molar-refractivity contribution is 8.26. The van der Waals surface area contributed by atoms with Gasteiger partial charge in [-0.25, -0.2) is 0 Å². The SMILES string of the molecule is O=C(CCN1C(=O)/C(=C/c2cccs2)SC1=S)N(Cc1ccco1)Cc1ccc(N2CCCCC2)o1. The van der Waals surface area contributed by atoms with Gasteiger partial charge in [0, 0.05) is 37.0 Å². The van der Waals surface area contributed by atoms with E-state index in [0.717, 1.165) is 29.6 Å². The number of furan rings is 2. The van der Waals surface area contributed by atoms with Crippen molar-refractivity contribution in [2.24, 2.45) is 0 Å². The lowest BCUT2D eigenvalue weighted by molar-refractivity contribution is -0.133. The van der Waals surface area contributed by atoms with Crippen LogP contribution in [-0.2, 0) is 22.7 Å². The molecule has 188 valence electrons. The van der Waals surface area contributed by atoms with Gasteiger partial charge in [-0.1, -0.05) is 30.0 Å². The van der Waals surface area contributed by atoms with Crippen molar-refractivity contribution >= 4 is 63.4 Å². The summed E-state index contributed by atoms with van der Waals surface area (Å²) < 4.78 is 12.1. The molecule has 0 radical (unpaired) electrons. The van der Waals surface area contributed by atoms with E-state index in [4.69, 9.17) is 21.1 Å². The van der Waals surface area contributed by atoms with Crippen LogP contribution in [0.4, 0.5) is 5.88 Å². The van der Waals surface area contributed by atoms with E-state index in [1.165, 1.54) is 35.9 Å². The summed E-state index contributed by atoms with van der Waals surface area (Å²) in [5, 5.41) is 1.97. The molecule has 0 spiro atoms. The Bertz CT molecular complexity index is 1230. The van der Waals surface area contributed by atoms with Crippen molar-refractivity contribution in [2.75, 3.05) is 24.5 Å². The Morgan fingerprint density at radius 2 is 1.92 bits per heavy atom. The number of thiocarbonyl (C=S) groups is 1. The van der Waals surface area contributed by atoms with Gasteiger partial charge in [-0.15, -0.1) is 11.3 Å². The first-order valence-electron chi connectivity index (χ1n) is 12.0. The fourth-order valence-corrected chi connectivity index (χ4v) is 6.34. The van der Waals surface area contributed by atoms with Crippen LogP contribution >= 0.6 is 35.3 Å². The normalized spacial score (nSPS) is 17.4. The molecule has 36 heavy (non-hydrogen) atoms. The van der Waals surface area contributed by atoms with Crippen molar-refractivity contribution in [3.63, 3.8) is 0 Å². The van der Waals surface area contributed by atoms with E-state index in [9.17, 15) is 9.59 Å². The first-order chi connectivity index (χ1) is 17.6. The fourth-order valence-electron chi connectivity index (χ4n) is 4.31. The summed E-state index contributed by atoms with van der Waals surface area (Å²) in [7, 11) is 0.